The van der Waals surface area contributed by atoms with Crippen molar-refractivity contribution in [3.8, 4) is 0 Å². The maximum atomic E-state index is 5.82. The van der Waals surface area contributed by atoms with Gasteiger partial charge in [0.15, 0.2) is 0 Å². The third-order valence-corrected chi connectivity index (χ3v) is 2.45. The molecule has 0 radical (unpaired) electrons. The molecule has 2 N–H and O–H groups in total. The van der Waals surface area contributed by atoms with Crippen LogP contribution < -0.4 is 10.6 Å². The van der Waals surface area contributed by atoms with Crippen molar-refractivity contribution in [2.75, 3.05) is 37.4 Å². The zero-order valence-electron chi connectivity index (χ0n) is 10.2. The summed E-state index contributed by atoms with van der Waals surface area (Å²) in [6, 6.07) is 0. The Bertz CT molecular complexity index is 330. The summed E-state index contributed by atoms with van der Waals surface area (Å²) in [5.41, 5.74) is 6.82. The maximum Gasteiger partial charge on any atom is 0.137 e. The normalized spacial score (nSPS) is 10.4. The summed E-state index contributed by atoms with van der Waals surface area (Å²) in [6.45, 7) is 6.27. The van der Waals surface area contributed by atoms with Crippen molar-refractivity contribution in [2.24, 2.45) is 0 Å². The number of ether oxygens (including phenoxy) is 1. The van der Waals surface area contributed by atoms with Gasteiger partial charge in [0.2, 0.25) is 0 Å². The van der Waals surface area contributed by atoms with Gasteiger partial charge in [-0.25, -0.2) is 9.97 Å². The number of anilines is 2. The summed E-state index contributed by atoms with van der Waals surface area (Å²) in [7, 11) is 1.99. The standard InChI is InChI=1S/C11H20N4O/c1-4-9-10(12)13-8-14-11(9)15(3)6-7-16-5-2/h8H,4-7H2,1-3H3,(H2,12,13,14). The van der Waals surface area contributed by atoms with E-state index < -0.39 is 0 Å². The van der Waals surface area contributed by atoms with Crippen molar-refractivity contribution >= 4 is 11.6 Å². The predicted molar refractivity (Wildman–Crippen MR) is 65.6 cm³/mol. The lowest BCUT2D eigenvalue weighted by Crippen LogP contribution is -2.25. The van der Waals surface area contributed by atoms with E-state index in [1.807, 2.05) is 18.9 Å². The first kappa shape index (κ1) is 12.7. The van der Waals surface area contributed by atoms with E-state index in [-0.39, 0.29) is 0 Å². The van der Waals surface area contributed by atoms with Crippen LogP contribution in [0.25, 0.3) is 0 Å². The first-order valence-electron chi connectivity index (χ1n) is 5.58. The molecule has 1 aromatic heterocycles. The molecule has 1 heterocycles. The molecule has 0 amide bonds. The Labute approximate surface area is 96.6 Å². The van der Waals surface area contributed by atoms with Crippen LogP contribution >= 0.6 is 0 Å². The van der Waals surface area contributed by atoms with Gasteiger partial charge in [0, 0.05) is 25.8 Å². The van der Waals surface area contributed by atoms with Gasteiger partial charge < -0.3 is 15.4 Å². The predicted octanol–water partition coefficient (Wildman–Crippen LogP) is 1.09. The molecule has 0 bridgehead atoms. The Kier molecular flexibility index (Phi) is 4.98. The fourth-order valence-corrected chi connectivity index (χ4v) is 1.54. The van der Waals surface area contributed by atoms with Crippen molar-refractivity contribution in [2.45, 2.75) is 20.3 Å². The molecule has 5 heteroatoms. The molecular formula is C11H20N4O. The molecule has 0 saturated heterocycles. The van der Waals surface area contributed by atoms with Crippen molar-refractivity contribution in [3.63, 3.8) is 0 Å². The second-order valence-electron chi connectivity index (χ2n) is 3.53. The number of aromatic nitrogens is 2. The van der Waals surface area contributed by atoms with Gasteiger partial charge in [0.1, 0.15) is 18.0 Å². The van der Waals surface area contributed by atoms with Crippen molar-refractivity contribution in [3.05, 3.63) is 11.9 Å². The molecule has 0 fully saturated rings. The first-order valence-corrected chi connectivity index (χ1v) is 5.58. The van der Waals surface area contributed by atoms with Gasteiger partial charge >= 0.3 is 0 Å². The molecule has 1 rings (SSSR count). The minimum Gasteiger partial charge on any atom is -0.383 e. The number of nitrogen functional groups attached to an aromatic ring is 1. The Morgan fingerprint density at radius 2 is 2.12 bits per heavy atom. The first-order chi connectivity index (χ1) is 7.70. The molecule has 0 aliphatic carbocycles. The number of hydrogen-bond donors (Lipinski definition) is 1. The zero-order valence-corrected chi connectivity index (χ0v) is 10.2. The fraction of sp³-hybridized carbons (Fsp3) is 0.636. The Balaban J connectivity index is 2.74. The molecule has 0 aliphatic rings. The Hall–Kier alpha value is -1.36. The number of hydrogen-bond acceptors (Lipinski definition) is 5. The number of nitrogens with zero attached hydrogens (tertiary/aromatic N) is 3. The van der Waals surface area contributed by atoms with E-state index in [0.717, 1.165) is 31.0 Å². The lowest BCUT2D eigenvalue weighted by molar-refractivity contribution is 0.154. The molecular weight excluding hydrogens is 204 g/mol. The molecule has 16 heavy (non-hydrogen) atoms. The minimum atomic E-state index is 0.566. The molecule has 5 nitrogen and oxygen atoms in total. The monoisotopic (exact) mass is 224 g/mol. The summed E-state index contributed by atoms with van der Waals surface area (Å²) in [5.74, 6) is 1.46. The average Bonchev–Trinajstić information content (AvgIpc) is 2.29. The van der Waals surface area contributed by atoms with Crippen molar-refractivity contribution in [1.29, 1.82) is 0 Å². The third-order valence-electron chi connectivity index (χ3n) is 2.45. The second kappa shape index (κ2) is 6.27. The SMILES string of the molecule is CCOCCN(C)c1ncnc(N)c1CC. The van der Waals surface area contributed by atoms with E-state index in [4.69, 9.17) is 10.5 Å². The quantitative estimate of drug-likeness (QED) is 0.733. The highest BCUT2D eigenvalue weighted by Gasteiger charge is 2.10. The summed E-state index contributed by atoms with van der Waals surface area (Å²) < 4.78 is 5.31. The van der Waals surface area contributed by atoms with Gasteiger partial charge in [-0.15, -0.1) is 0 Å². The van der Waals surface area contributed by atoms with Crippen LogP contribution in [-0.4, -0.2) is 36.8 Å². The Morgan fingerprint density at radius 1 is 1.38 bits per heavy atom. The van der Waals surface area contributed by atoms with Gasteiger partial charge in [0.05, 0.1) is 6.61 Å². The van der Waals surface area contributed by atoms with Crippen LogP contribution in [0.3, 0.4) is 0 Å². The van der Waals surface area contributed by atoms with Crippen LogP contribution in [0.15, 0.2) is 6.33 Å². The maximum absolute atomic E-state index is 5.82. The third kappa shape index (κ3) is 3.06. The lowest BCUT2D eigenvalue weighted by Gasteiger charge is -2.20. The number of likely N-dealkylation sites (N-methyl/N-ethyl adjacent to an activating group) is 1. The van der Waals surface area contributed by atoms with E-state index in [0.29, 0.717) is 12.4 Å². The summed E-state index contributed by atoms with van der Waals surface area (Å²) in [5, 5.41) is 0. The van der Waals surface area contributed by atoms with E-state index >= 15 is 0 Å². The Morgan fingerprint density at radius 3 is 2.75 bits per heavy atom. The largest absolute Gasteiger partial charge is 0.383 e. The van der Waals surface area contributed by atoms with Gasteiger partial charge in [-0.1, -0.05) is 6.92 Å². The average molecular weight is 224 g/mol. The number of rotatable bonds is 6. The molecule has 1 aromatic rings. The van der Waals surface area contributed by atoms with E-state index in [9.17, 15) is 0 Å². The summed E-state index contributed by atoms with van der Waals surface area (Å²) >= 11 is 0. The fourth-order valence-electron chi connectivity index (χ4n) is 1.54. The molecule has 0 atom stereocenters. The van der Waals surface area contributed by atoms with Gasteiger partial charge in [0.25, 0.3) is 0 Å². The molecule has 90 valence electrons. The van der Waals surface area contributed by atoms with Crippen LogP contribution in [0.2, 0.25) is 0 Å². The highest BCUT2D eigenvalue weighted by Crippen LogP contribution is 2.20. The van der Waals surface area contributed by atoms with Crippen LogP contribution in [0.5, 0.6) is 0 Å². The lowest BCUT2D eigenvalue weighted by atomic mass is 10.2. The van der Waals surface area contributed by atoms with Crippen LogP contribution in [0.1, 0.15) is 19.4 Å². The highest BCUT2D eigenvalue weighted by molar-refractivity contribution is 5.56. The summed E-state index contributed by atoms with van der Waals surface area (Å²) in [6.07, 6.45) is 2.34. The molecule has 0 aliphatic heterocycles. The van der Waals surface area contributed by atoms with Gasteiger partial charge in [-0.3, -0.25) is 0 Å². The van der Waals surface area contributed by atoms with Crippen LogP contribution in [0, 0.1) is 0 Å². The van der Waals surface area contributed by atoms with E-state index in [1.165, 1.54) is 6.33 Å². The van der Waals surface area contributed by atoms with E-state index in [1.54, 1.807) is 0 Å². The molecule has 0 saturated carbocycles. The summed E-state index contributed by atoms with van der Waals surface area (Å²) in [4.78, 5) is 10.3. The minimum absolute atomic E-state index is 0.566. The molecule has 0 unspecified atom stereocenters. The highest BCUT2D eigenvalue weighted by atomic mass is 16.5. The smallest absolute Gasteiger partial charge is 0.137 e. The van der Waals surface area contributed by atoms with Gasteiger partial charge in [-0.05, 0) is 13.3 Å². The second-order valence-corrected chi connectivity index (χ2v) is 3.53. The van der Waals surface area contributed by atoms with Crippen LogP contribution in [0.4, 0.5) is 11.6 Å². The van der Waals surface area contributed by atoms with E-state index in [2.05, 4.69) is 16.9 Å². The molecule has 0 aromatic carbocycles. The van der Waals surface area contributed by atoms with Crippen molar-refractivity contribution in [1.82, 2.24) is 9.97 Å². The topological polar surface area (TPSA) is 64.3 Å². The van der Waals surface area contributed by atoms with Crippen molar-refractivity contribution < 1.29 is 4.74 Å². The zero-order chi connectivity index (χ0) is 12.0. The molecule has 0 spiro atoms. The van der Waals surface area contributed by atoms with Crippen LogP contribution in [-0.2, 0) is 11.2 Å². The number of nitrogens with two attached hydrogens (primary N) is 1. The van der Waals surface area contributed by atoms with Gasteiger partial charge in [-0.2, -0.15) is 0 Å².